The molecule has 5 heteroatoms. The molecule has 3 rings (SSSR count). The molecule has 0 radical (unpaired) electrons. The van der Waals surface area contributed by atoms with E-state index in [9.17, 15) is 4.79 Å². The SMILES string of the molecule is C[C@H]1CCC[C@H](C)N1C(=S)SCC(=O)Nc1ccccc1Cc1ccccc1. The van der Waals surface area contributed by atoms with E-state index in [4.69, 9.17) is 12.2 Å². The molecule has 1 N–H and O–H groups in total. The minimum absolute atomic E-state index is 0.00910. The number of piperidine rings is 1. The summed E-state index contributed by atoms with van der Waals surface area (Å²) in [6.07, 6.45) is 4.39. The van der Waals surface area contributed by atoms with Crippen LogP contribution in [0.25, 0.3) is 0 Å². The van der Waals surface area contributed by atoms with Crippen molar-refractivity contribution in [2.24, 2.45) is 0 Å². The molecule has 0 saturated carbocycles. The van der Waals surface area contributed by atoms with Gasteiger partial charge in [-0.2, -0.15) is 0 Å². The Kier molecular flexibility index (Phi) is 7.51. The molecule has 2 aromatic rings. The monoisotopic (exact) mass is 412 g/mol. The number of thioether (sulfide) groups is 1. The number of anilines is 1. The van der Waals surface area contributed by atoms with Gasteiger partial charge in [-0.3, -0.25) is 4.79 Å². The summed E-state index contributed by atoms with van der Waals surface area (Å²) >= 11 is 7.11. The van der Waals surface area contributed by atoms with E-state index in [0.717, 1.165) is 22.0 Å². The number of nitrogens with zero attached hydrogens (tertiary/aromatic N) is 1. The van der Waals surface area contributed by atoms with Gasteiger partial charge in [0, 0.05) is 17.8 Å². The van der Waals surface area contributed by atoms with Gasteiger partial charge < -0.3 is 10.2 Å². The summed E-state index contributed by atoms with van der Waals surface area (Å²) in [5.74, 6) is 0.333. The van der Waals surface area contributed by atoms with Gasteiger partial charge in [0.2, 0.25) is 5.91 Å². The number of thiocarbonyl (C=S) groups is 1. The van der Waals surface area contributed by atoms with Crippen LogP contribution in [0, 0.1) is 0 Å². The summed E-state index contributed by atoms with van der Waals surface area (Å²) in [5.41, 5.74) is 3.23. The fourth-order valence-corrected chi connectivity index (χ4v) is 5.15. The first-order valence-corrected chi connectivity index (χ1v) is 11.3. The molecule has 0 unspecified atom stereocenters. The number of para-hydroxylation sites is 1. The second-order valence-electron chi connectivity index (χ2n) is 7.46. The van der Waals surface area contributed by atoms with Crippen LogP contribution in [-0.4, -0.2) is 33.0 Å². The second kappa shape index (κ2) is 10.1. The van der Waals surface area contributed by atoms with E-state index in [0.29, 0.717) is 17.8 Å². The van der Waals surface area contributed by atoms with E-state index in [1.807, 2.05) is 36.4 Å². The van der Waals surface area contributed by atoms with Crippen LogP contribution < -0.4 is 5.32 Å². The summed E-state index contributed by atoms with van der Waals surface area (Å²) in [6, 6.07) is 19.2. The molecule has 0 aliphatic carbocycles. The van der Waals surface area contributed by atoms with Gasteiger partial charge in [0.05, 0.1) is 5.75 Å². The molecular weight excluding hydrogens is 384 g/mol. The molecule has 1 amide bonds. The maximum absolute atomic E-state index is 12.6. The zero-order chi connectivity index (χ0) is 19.9. The van der Waals surface area contributed by atoms with Crippen LogP contribution in [0.15, 0.2) is 54.6 Å². The lowest BCUT2D eigenvalue weighted by Gasteiger charge is -2.40. The van der Waals surface area contributed by atoms with E-state index in [2.05, 4.69) is 42.3 Å². The molecule has 3 nitrogen and oxygen atoms in total. The van der Waals surface area contributed by atoms with Gasteiger partial charge in [-0.25, -0.2) is 0 Å². The van der Waals surface area contributed by atoms with Crippen molar-refractivity contribution in [1.29, 1.82) is 0 Å². The number of benzene rings is 2. The van der Waals surface area contributed by atoms with Crippen molar-refractivity contribution in [3.05, 3.63) is 65.7 Å². The molecule has 148 valence electrons. The Labute approximate surface area is 177 Å². The number of rotatable bonds is 5. The first-order chi connectivity index (χ1) is 13.5. The fourth-order valence-electron chi connectivity index (χ4n) is 3.78. The van der Waals surface area contributed by atoms with E-state index in [1.54, 1.807) is 0 Å². The first kappa shape index (κ1) is 20.9. The predicted molar refractivity (Wildman–Crippen MR) is 124 cm³/mol. The van der Waals surface area contributed by atoms with Crippen LogP contribution >= 0.6 is 24.0 Å². The Hall–Kier alpha value is -1.85. The maximum Gasteiger partial charge on any atom is 0.234 e. The van der Waals surface area contributed by atoms with Gasteiger partial charge in [0.1, 0.15) is 4.32 Å². The molecule has 0 bridgehead atoms. The minimum atomic E-state index is -0.00910. The number of hydrogen-bond donors (Lipinski definition) is 1. The summed E-state index contributed by atoms with van der Waals surface area (Å²) < 4.78 is 0.840. The lowest BCUT2D eigenvalue weighted by atomic mass is 9.99. The standard InChI is InChI=1S/C23H28N2OS2/c1-17-9-8-10-18(2)25(17)23(27)28-16-22(26)24-21-14-7-6-13-20(21)15-19-11-4-3-5-12-19/h3-7,11-14,17-18H,8-10,15-16H2,1-2H3,(H,24,26)/t17-,18-/m0/s1. The number of likely N-dealkylation sites (tertiary alicyclic amines) is 1. The Balaban J connectivity index is 1.57. The third-order valence-corrected chi connectivity index (χ3v) is 6.69. The lowest BCUT2D eigenvalue weighted by Crippen LogP contribution is -2.45. The van der Waals surface area contributed by atoms with Crippen LogP contribution in [0.2, 0.25) is 0 Å². The van der Waals surface area contributed by atoms with Crippen molar-refractivity contribution in [2.45, 2.75) is 51.6 Å². The molecule has 0 aromatic heterocycles. The molecule has 0 spiro atoms. The van der Waals surface area contributed by atoms with E-state index in [1.165, 1.54) is 36.6 Å². The average Bonchev–Trinajstić information content (AvgIpc) is 2.68. The molecule has 1 aliphatic rings. The molecule has 2 aromatic carbocycles. The summed E-state index contributed by atoms with van der Waals surface area (Å²) in [7, 11) is 0. The highest BCUT2D eigenvalue weighted by Crippen LogP contribution is 2.27. The van der Waals surface area contributed by atoms with Crippen molar-refractivity contribution in [3.8, 4) is 0 Å². The van der Waals surface area contributed by atoms with Crippen LogP contribution in [0.3, 0.4) is 0 Å². The molecule has 1 fully saturated rings. The lowest BCUT2D eigenvalue weighted by molar-refractivity contribution is -0.113. The second-order valence-corrected chi connectivity index (χ2v) is 9.07. The van der Waals surface area contributed by atoms with Crippen LogP contribution in [0.1, 0.15) is 44.2 Å². The highest BCUT2D eigenvalue weighted by molar-refractivity contribution is 8.23. The highest BCUT2D eigenvalue weighted by Gasteiger charge is 2.27. The normalized spacial score (nSPS) is 19.3. The number of carbonyl (C=O) groups is 1. The molecule has 1 aliphatic heterocycles. The molecule has 2 atom stereocenters. The number of carbonyl (C=O) groups excluding carboxylic acids is 1. The van der Waals surface area contributed by atoms with Crippen molar-refractivity contribution in [3.63, 3.8) is 0 Å². The third-order valence-electron chi connectivity index (χ3n) is 5.26. The van der Waals surface area contributed by atoms with Gasteiger partial charge in [-0.05, 0) is 56.7 Å². The van der Waals surface area contributed by atoms with Gasteiger partial charge in [0.25, 0.3) is 0 Å². The van der Waals surface area contributed by atoms with Gasteiger partial charge in [-0.1, -0.05) is 72.5 Å². The van der Waals surface area contributed by atoms with E-state index >= 15 is 0 Å². The number of nitrogens with one attached hydrogen (secondary N) is 1. The smallest absolute Gasteiger partial charge is 0.234 e. The summed E-state index contributed by atoms with van der Waals surface area (Å²) in [6.45, 7) is 4.45. The zero-order valence-corrected chi connectivity index (χ0v) is 18.2. The molecule has 28 heavy (non-hydrogen) atoms. The largest absolute Gasteiger partial charge is 0.352 e. The van der Waals surface area contributed by atoms with Crippen molar-refractivity contribution < 1.29 is 4.79 Å². The Morgan fingerprint density at radius 1 is 1.07 bits per heavy atom. The van der Waals surface area contributed by atoms with Crippen molar-refractivity contribution in [2.75, 3.05) is 11.1 Å². The van der Waals surface area contributed by atoms with Crippen molar-refractivity contribution >= 4 is 39.9 Å². The number of amides is 1. The Bertz CT molecular complexity index is 799. The third kappa shape index (κ3) is 5.58. The fraction of sp³-hybridized carbons (Fsp3) is 0.391. The topological polar surface area (TPSA) is 32.3 Å². The van der Waals surface area contributed by atoms with Crippen molar-refractivity contribution in [1.82, 2.24) is 4.90 Å². The predicted octanol–water partition coefficient (Wildman–Crippen LogP) is 5.50. The molecule has 1 heterocycles. The molecular formula is C23H28N2OS2. The number of hydrogen-bond acceptors (Lipinski definition) is 3. The van der Waals surface area contributed by atoms with E-state index < -0.39 is 0 Å². The summed E-state index contributed by atoms with van der Waals surface area (Å²) in [5, 5.41) is 3.07. The summed E-state index contributed by atoms with van der Waals surface area (Å²) in [4.78, 5) is 14.9. The Morgan fingerprint density at radius 2 is 1.71 bits per heavy atom. The highest BCUT2D eigenvalue weighted by atomic mass is 32.2. The van der Waals surface area contributed by atoms with E-state index in [-0.39, 0.29) is 5.91 Å². The zero-order valence-electron chi connectivity index (χ0n) is 16.6. The van der Waals surface area contributed by atoms with Crippen LogP contribution in [-0.2, 0) is 11.2 Å². The average molecular weight is 413 g/mol. The van der Waals surface area contributed by atoms with Gasteiger partial charge in [0.15, 0.2) is 0 Å². The molecule has 1 saturated heterocycles. The first-order valence-electron chi connectivity index (χ1n) is 9.91. The van der Waals surface area contributed by atoms with Gasteiger partial charge >= 0.3 is 0 Å². The maximum atomic E-state index is 12.6. The van der Waals surface area contributed by atoms with Crippen LogP contribution in [0.4, 0.5) is 5.69 Å². The van der Waals surface area contributed by atoms with Crippen LogP contribution in [0.5, 0.6) is 0 Å². The minimum Gasteiger partial charge on any atom is -0.352 e. The quantitative estimate of drug-likeness (QED) is 0.658. The Morgan fingerprint density at radius 3 is 2.43 bits per heavy atom. The van der Waals surface area contributed by atoms with Gasteiger partial charge in [-0.15, -0.1) is 0 Å².